The first-order valence-corrected chi connectivity index (χ1v) is 4.07. The molecule has 100 valence electrons. The predicted molar refractivity (Wildman–Crippen MR) is 43.8 cm³/mol. The van der Waals surface area contributed by atoms with Crippen LogP contribution in [0.1, 0.15) is 6.92 Å². The van der Waals surface area contributed by atoms with E-state index in [0.29, 0.717) is 6.92 Å². The van der Waals surface area contributed by atoms with Gasteiger partial charge < -0.3 is 16.2 Å². The molecule has 0 aliphatic heterocycles. The second-order valence-corrected chi connectivity index (χ2v) is 3.32. The molecule has 2 amide bonds. The zero-order valence-corrected chi connectivity index (χ0v) is 8.44. The lowest BCUT2D eigenvalue weighted by molar-refractivity contribution is -0.278. The highest BCUT2D eigenvalue weighted by Gasteiger charge is 2.57. The van der Waals surface area contributed by atoms with Crippen molar-refractivity contribution in [2.24, 2.45) is 5.73 Å². The Kier molecular flexibility index (Phi) is 4.05. The lowest BCUT2D eigenvalue weighted by Gasteiger charge is -2.23. The number of nitrogens with two attached hydrogens (primary N) is 1. The van der Waals surface area contributed by atoms with Crippen LogP contribution in [-0.2, 0) is 9.59 Å². The van der Waals surface area contributed by atoms with Crippen LogP contribution in [0.4, 0.5) is 22.0 Å². The lowest BCUT2D eigenvalue weighted by atomic mass is 10.1. The van der Waals surface area contributed by atoms with Gasteiger partial charge in [-0.3, -0.25) is 9.59 Å². The lowest BCUT2D eigenvalue weighted by Crippen LogP contribution is -2.56. The zero-order chi connectivity index (χ0) is 14.1. The van der Waals surface area contributed by atoms with Gasteiger partial charge in [-0.1, -0.05) is 0 Å². The summed E-state index contributed by atoms with van der Waals surface area (Å²) in [5, 5.41) is 10.1. The number of carbonyl (C=O) groups is 2. The Labute approximate surface area is 91.8 Å². The van der Waals surface area contributed by atoms with Crippen LogP contribution in [-0.4, -0.2) is 41.2 Å². The van der Waals surface area contributed by atoms with Crippen LogP contribution in [0.25, 0.3) is 0 Å². The molecule has 0 spiro atoms. The van der Waals surface area contributed by atoms with Crippen molar-refractivity contribution >= 4 is 11.8 Å². The molecule has 1 atom stereocenters. The van der Waals surface area contributed by atoms with Gasteiger partial charge in [-0.25, -0.2) is 0 Å². The van der Waals surface area contributed by atoms with Crippen LogP contribution in [0.5, 0.6) is 0 Å². The molecule has 5 nitrogen and oxygen atoms in total. The maximum Gasteiger partial charge on any atom is 0.455 e. The van der Waals surface area contributed by atoms with Gasteiger partial charge in [0.25, 0.3) is 11.8 Å². The first-order valence-electron chi connectivity index (χ1n) is 4.07. The molecule has 0 saturated carbocycles. The summed E-state index contributed by atoms with van der Waals surface area (Å²) in [5.74, 6) is -8.49. The van der Waals surface area contributed by atoms with E-state index in [1.165, 1.54) is 0 Å². The van der Waals surface area contributed by atoms with E-state index in [4.69, 9.17) is 5.11 Å². The van der Waals surface area contributed by atoms with Crippen molar-refractivity contribution < 1.29 is 36.6 Å². The van der Waals surface area contributed by atoms with E-state index in [-0.39, 0.29) is 0 Å². The number of aliphatic hydroxyl groups is 1. The Morgan fingerprint density at radius 1 is 1.24 bits per heavy atom. The number of carbonyl (C=O) groups excluding carboxylic acids is 2. The summed E-state index contributed by atoms with van der Waals surface area (Å²) in [5.41, 5.74) is 1.68. The minimum absolute atomic E-state index is 0.566. The third kappa shape index (κ3) is 3.51. The van der Waals surface area contributed by atoms with Gasteiger partial charge in [0.15, 0.2) is 0 Å². The summed E-state index contributed by atoms with van der Waals surface area (Å²) in [4.78, 5) is 21.4. The van der Waals surface area contributed by atoms with Gasteiger partial charge in [0.1, 0.15) is 0 Å². The molecule has 0 bridgehead atoms. The Bertz CT molecular complexity index is 326. The highest BCUT2D eigenvalue weighted by Crippen LogP contribution is 2.34. The van der Waals surface area contributed by atoms with E-state index >= 15 is 0 Å². The van der Waals surface area contributed by atoms with E-state index in [0.717, 1.165) is 5.32 Å². The molecule has 4 N–H and O–H groups in total. The van der Waals surface area contributed by atoms with E-state index in [9.17, 15) is 31.5 Å². The van der Waals surface area contributed by atoms with E-state index < -0.39 is 36.1 Å². The summed E-state index contributed by atoms with van der Waals surface area (Å²) in [6, 6.07) is 0. The predicted octanol–water partition coefficient (Wildman–Crippen LogP) is -0.464. The standard InChI is InChI=1S/C7H9F5N2O3/c1-5(17,3(13)15)4(16)14-2-6(8,9)7(10,11)12/h17H,2H2,1H3,(H2,13,15)(H,14,16). The highest BCUT2D eigenvalue weighted by atomic mass is 19.4. The Morgan fingerprint density at radius 2 is 1.65 bits per heavy atom. The van der Waals surface area contributed by atoms with Crippen molar-refractivity contribution in [2.75, 3.05) is 6.54 Å². The van der Waals surface area contributed by atoms with Crippen molar-refractivity contribution in [2.45, 2.75) is 24.6 Å². The van der Waals surface area contributed by atoms with Crippen LogP contribution >= 0.6 is 0 Å². The molecular weight excluding hydrogens is 255 g/mol. The number of hydrogen-bond acceptors (Lipinski definition) is 3. The average molecular weight is 264 g/mol. The van der Waals surface area contributed by atoms with Gasteiger partial charge in [0.05, 0.1) is 6.54 Å². The molecule has 0 saturated heterocycles. The van der Waals surface area contributed by atoms with Gasteiger partial charge >= 0.3 is 12.1 Å². The quantitative estimate of drug-likeness (QED) is 0.473. The first kappa shape index (κ1) is 15.5. The summed E-state index contributed by atoms with van der Waals surface area (Å²) in [6.07, 6.45) is -5.85. The fraction of sp³-hybridized carbons (Fsp3) is 0.714. The van der Waals surface area contributed by atoms with Crippen LogP contribution in [0, 0.1) is 0 Å². The Balaban J connectivity index is 4.61. The molecule has 0 radical (unpaired) electrons. The topological polar surface area (TPSA) is 92.4 Å². The minimum Gasteiger partial charge on any atom is -0.372 e. The van der Waals surface area contributed by atoms with Gasteiger partial charge in [-0.2, -0.15) is 22.0 Å². The maximum absolute atomic E-state index is 12.3. The fourth-order valence-corrected chi connectivity index (χ4v) is 0.576. The zero-order valence-electron chi connectivity index (χ0n) is 8.44. The summed E-state index contributed by atoms with van der Waals surface area (Å²) < 4.78 is 59.7. The number of rotatable bonds is 4. The number of nitrogens with one attached hydrogen (secondary N) is 1. The number of alkyl halides is 5. The van der Waals surface area contributed by atoms with Crippen LogP contribution in [0.3, 0.4) is 0 Å². The molecule has 1 unspecified atom stereocenters. The second kappa shape index (κ2) is 4.43. The van der Waals surface area contributed by atoms with Crippen molar-refractivity contribution in [3.05, 3.63) is 0 Å². The summed E-state index contributed by atoms with van der Waals surface area (Å²) in [6.45, 7) is -1.53. The number of hydrogen-bond donors (Lipinski definition) is 3. The number of primary amides is 1. The monoisotopic (exact) mass is 264 g/mol. The van der Waals surface area contributed by atoms with Crippen molar-refractivity contribution in [3.63, 3.8) is 0 Å². The smallest absolute Gasteiger partial charge is 0.372 e. The molecule has 0 fully saturated rings. The Hall–Kier alpha value is -1.45. The molecule has 0 aromatic carbocycles. The minimum atomic E-state index is -5.85. The molecule has 10 heteroatoms. The molecule has 17 heavy (non-hydrogen) atoms. The first-order chi connectivity index (χ1) is 7.32. The van der Waals surface area contributed by atoms with Crippen molar-refractivity contribution in [3.8, 4) is 0 Å². The van der Waals surface area contributed by atoms with E-state index in [1.807, 2.05) is 0 Å². The third-order valence-electron chi connectivity index (χ3n) is 1.81. The van der Waals surface area contributed by atoms with E-state index in [1.54, 1.807) is 0 Å². The summed E-state index contributed by atoms with van der Waals surface area (Å²) >= 11 is 0. The Morgan fingerprint density at radius 3 is 1.94 bits per heavy atom. The molecule has 0 rings (SSSR count). The highest BCUT2D eigenvalue weighted by molar-refractivity contribution is 6.06. The fourth-order valence-electron chi connectivity index (χ4n) is 0.576. The van der Waals surface area contributed by atoms with E-state index in [2.05, 4.69) is 5.73 Å². The molecule has 0 aromatic rings. The van der Waals surface area contributed by atoms with Crippen molar-refractivity contribution in [1.29, 1.82) is 0 Å². The van der Waals surface area contributed by atoms with Crippen LogP contribution < -0.4 is 11.1 Å². The SMILES string of the molecule is CC(O)(C(N)=O)C(=O)NCC(F)(F)C(F)(F)F. The molecule has 0 aromatic heterocycles. The normalized spacial score (nSPS) is 16.2. The average Bonchev–Trinajstić information content (AvgIpc) is 2.11. The molecule has 0 heterocycles. The molecule has 0 aliphatic rings. The number of amides is 2. The molecular formula is C7H9F5N2O3. The van der Waals surface area contributed by atoms with Gasteiger partial charge in [-0.15, -0.1) is 0 Å². The van der Waals surface area contributed by atoms with Gasteiger partial charge in [-0.05, 0) is 6.92 Å². The second-order valence-electron chi connectivity index (χ2n) is 3.32. The maximum atomic E-state index is 12.3. The van der Waals surface area contributed by atoms with Crippen molar-refractivity contribution in [1.82, 2.24) is 5.32 Å². The van der Waals surface area contributed by atoms with Crippen LogP contribution in [0.15, 0.2) is 0 Å². The van der Waals surface area contributed by atoms with Gasteiger partial charge in [0, 0.05) is 0 Å². The van der Waals surface area contributed by atoms with Gasteiger partial charge in [0.2, 0.25) is 5.60 Å². The third-order valence-corrected chi connectivity index (χ3v) is 1.81. The summed E-state index contributed by atoms with van der Waals surface area (Å²) in [7, 11) is 0. The largest absolute Gasteiger partial charge is 0.455 e. The number of halogens is 5. The van der Waals surface area contributed by atoms with Crippen LogP contribution in [0.2, 0.25) is 0 Å². The molecule has 0 aliphatic carbocycles.